The van der Waals surface area contributed by atoms with Crippen LogP contribution in [-0.4, -0.2) is 18.3 Å². The van der Waals surface area contributed by atoms with Crippen molar-refractivity contribution < 1.29 is 11.3 Å². The van der Waals surface area contributed by atoms with Gasteiger partial charge in [-0.15, -0.1) is 0 Å². The summed E-state index contributed by atoms with van der Waals surface area (Å²) in [6, 6.07) is 6.84. The number of ether oxygens (including phenoxy) is 1. The predicted octanol–water partition coefficient (Wildman–Crippen LogP) is 4.98. The first-order chi connectivity index (χ1) is 9.65. The molecule has 120 valence electrons. The zero-order valence-electron chi connectivity index (χ0n) is 13.7. The van der Waals surface area contributed by atoms with Crippen molar-refractivity contribution >= 4 is 0 Å². The normalized spacial score (nSPS) is 8.85. The van der Waals surface area contributed by atoms with E-state index in [2.05, 4.69) is 27.7 Å². The average Bonchev–Trinajstić information content (AvgIpc) is 2.40. The minimum absolute atomic E-state index is 0. The predicted molar refractivity (Wildman–Crippen MR) is 90.6 cm³/mol. The monoisotopic (exact) mass is 285 g/mol. The van der Waals surface area contributed by atoms with Crippen LogP contribution in [0.15, 0.2) is 24.3 Å². The number of phenolic OH excluding ortho intramolecular Hbond substituents is 1. The first-order valence-electron chi connectivity index (χ1n) is 7.77. The van der Waals surface area contributed by atoms with E-state index < -0.39 is 0 Å². The Labute approximate surface area is 126 Å². The lowest BCUT2D eigenvalue weighted by atomic mass is 10.2. The Bertz CT molecular complexity index is 294. The van der Waals surface area contributed by atoms with Gasteiger partial charge in [0.15, 0.2) is 0 Å². The molecule has 0 heterocycles. The molecule has 0 atom stereocenters. The Morgan fingerprint density at radius 2 is 1.65 bits per heavy atom. The molecule has 0 saturated carbocycles. The molecule has 0 fully saturated rings. The molecule has 0 aliphatic heterocycles. The van der Waals surface area contributed by atoms with Gasteiger partial charge in [0.05, 0.1) is 6.61 Å². The van der Waals surface area contributed by atoms with Crippen molar-refractivity contribution in [2.24, 2.45) is 5.73 Å². The first-order valence-corrected chi connectivity index (χ1v) is 7.77. The number of nitrogens with two attached hydrogens (primary N) is 1. The highest BCUT2D eigenvalue weighted by Crippen LogP contribution is 2.17. The van der Waals surface area contributed by atoms with E-state index in [-0.39, 0.29) is 7.18 Å². The van der Waals surface area contributed by atoms with Crippen molar-refractivity contribution in [3.63, 3.8) is 0 Å². The molecule has 0 aromatic heterocycles. The summed E-state index contributed by atoms with van der Waals surface area (Å²) in [5.74, 6) is 0.960. The molecule has 1 aromatic carbocycles. The maximum absolute atomic E-state index is 9.16. The Morgan fingerprint density at radius 1 is 1.05 bits per heavy atom. The summed E-state index contributed by atoms with van der Waals surface area (Å²) >= 11 is 0. The van der Waals surface area contributed by atoms with Gasteiger partial charge in [-0.1, -0.05) is 46.6 Å². The highest BCUT2D eigenvalue weighted by atomic mass is 16.5. The van der Waals surface area contributed by atoms with Crippen LogP contribution in [0.25, 0.3) is 0 Å². The van der Waals surface area contributed by atoms with Gasteiger partial charge in [-0.05, 0) is 37.9 Å². The fourth-order valence-corrected chi connectivity index (χ4v) is 1.19. The van der Waals surface area contributed by atoms with E-state index >= 15 is 0 Å². The molecule has 0 bridgehead atoms. The maximum Gasteiger partial charge on any atom is 0.122 e. The highest BCUT2D eigenvalue weighted by Gasteiger charge is 1.94. The van der Waals surface area contributed by atoms with Crippen LogP contribution in [0.3, 0.4) is 0 Å². The van der Waals surface area contributed by atoms with Gasteiger partial charge in [0.25, 0.3) is 0 Å². The molecule has 0 unspecified atom stereocenters. The van der Waals surface area contributed by atoms with Gasteiger partial charge in [0, 0.05) is 7.49 Å². The summed E-state index contributed by atoms with van der Waals surface area (Å²) in [5.41, 5.74) is 5.37. The Morgan fingerprint density at radius 3 is 2.15 bits per heavy atom. The molecule has 0 aliphatic carbocycles. The maximum atomic E-state index is 9.16. The number of unbranched alkanes of at least 4 members (excludes halogenated alkanes) is 2. The van der Waals surface area contributed by atoms with Crippen molar-refractivity contribution in [2.45, 2.75) is 59.8 Å². The van der Waals surface area contributed by atoms with E-state index in [1.54, 1.807) is 18.2 Å². The highest BCUT2D eigenvalue weighted by molar-refractivity contribution is 5.31. The second kappa shape index (κ2) is 17.8. The molecule has 0 amide bonds. The molecule has 3 nitrogen and oxygen atoms in total. The number of aromatic hydroxyl groups is 1. The van der Waals surface area contributed by atoms with Crippen LogP contribution >= 0.6 is 0 Å². The topological polar surface area (TPSA) is 55.5 Å². The minimum atomic E-state index is 0. The number of benzene rings is 1. The summed E-state index contributed by atoms with van der Waals surface area (Å²) < 4.78 is 5.43. The van der Waals surface area contributed by atoms with Crippen molar-refractivity contribution in [3.05, 3.63) is 24.3 Å². The zero-order chi connectivity index (χ0) is 15.6. The molecular weight excluding hydrogens is 250 g/mol. The fourth-order valence-electron chi connectivity index (χ4n) is 1.19. The molecule has 0 aliphatic rings. The lowest BCUT2D eigenvalue weighted by Gasteiger charge is -2.05. The van der Waals surface area contributed by atoms with Crippen LogP contribution in [0.1, 0.15) is 61.2 Å². The van der Waals surface area contributed by atoms with Crippen molar-refractivity contribution in [3.8, 4) is 11.5 Å². The van der Waals surface area contributed by atoms with Gasteiger partial charge < -0.3 is 15.6 Å². The lowest BCUT2D eigenvalue weighted by molar-refractivity contribution is 0.304. The standard InChI is InChI=1S/C11H17NO2.2C3H8.H2/c12-7-2-1-3-8-14-11-6-4-5-10(13)9-11;2*1-3-2;/h4-6,9,13H,1-3,7-8,12H2;2*3H2,1-2H3;1H. The van der Waals surface area contributed by atoms with Crippen molar-refractivity contribution in [2.75, 3.05) is 13.2 Å². The van der Waals surface area contributed by atoms with Crippen LogP contribution in [0.5, 0.6) is 11.5 Å². The Hall–Kier alpha value is -1.22. The summed E-state index contributed by atoms with van der Waals surface area (Å²) in [6.45, 7) is 9.93. The van der Waals surface area contributed by atoms with Crippen molar-refractivity contribution in [1.29, 1.82) is 0 Å². The molecule has 0 radical (unpaired) electrons. The molecule has 20 heavy (non-hydrogen) atoms. The largest absolute Gasteiger partial charge is 0.508 e. The van der Waals surface area contributed by atoms with Gasteiger partial charge in [-0.25, -0.2) is 0 Å². The quantitative estimate of drug-likeness (QED) is 0.725. The van der Waals surface area contributed by atoms with Gasteiger partial charge >= 0.3 is 0 Å². The smallest absolute Gasteiger partial charge is 0.122 e. The third kappa shape index (κ3) is 16.8. The molecule has 0 spiro atoms. The number of hydrogen-bond donors (Lipinski definition) is 2. The van der Waals surface area contributed by atoms with E-state index in [4.69, 9.17) is 15.6 Å². The van der Waals surface area contributed by atoms with E-state index in [1.807, 2.05) is 6.07 Å². The summed E-state index contributed by atoms with van der Waals surface area (Å²) in [7, 11) is 0. The summed E-state index contributed by atoms with van der Waals surface area (Å²) in [4.78, 5) is 0. The van der Waals surface area contributed by atoms with E-state index in [0.29, 0.717) is 6.61 Å². The number of rotatable bonds is 6. The molecule has 1 aromatic rings. The third-order valence-electron chi connectivity index (χ3n) is 1.93. The van der Waals surface area contributed by atoms with Crippen LogP contribution < -0.4 is 10.5 Å². The third-order valence-corrected chi connectivity index (χ3v) is 1.93. The second-order valence-electron chi connectivity index (χ2n) is 4.61. The number of phenols is 1. The zero-order valence-corrected chi connectivity index (χ0v) is 13.7. The van der Waals surface area contributed by atoms with Crippen molar-refractivity contribution in [1.82, 2.24) is 0 Å². The minimum Gasteiger partial charge on any atom is -0.508 e. The molecular formula is C17H35NO2. The van der Waals surface area contributed by atoms with Gasteiger partial charge in [-0.3, -0.25) is 0 Å². The fraction of sp³-hybridized carbons (Fsp3) is 0.647. The van der Waals surface area contributed by atoms with Gasteiger partial charge in [-0.2, -0.15) is 0 Å². The average molecular weight is 285 g/mol. The SMILES string of the molecule is CCC.CCC.NCCCCCOc1cccc(O)c1.[HH]. The van der Waals surface area contributed by atoms with Gasteiger partial charge in [0.2, 0.25) is 0 Å². The van der Waals surface area contributed by atoms with Crippen LogP contribution in [-0.2, 0) is 0 Å². The Kier molecular flexibility index (Phi) is 18.7. The molecule has 1 rings (SSSR count). The van der Waals surface area contributed by atoms with Crippen LogP contribution in [0.4, 0.5) is 0 Å². The molecule has 0 saturated heterocycles. The van der Waals surface area contributed by atoms with Crippen LogP contribution in [0, 0.1) is 0 Å². The Balaban J connectivity index is -0.000000400. The summed E-state index contributed by atoms with van der Waals surface area (Å²) in [6.07, 6.45) is 5.64. The van der Waals surface area contributed by atoms with E-state index in [0.717, 1.165) is 31.6 Å². The van der Waals surface area contributed by atoms with Crippen LogP contribution in [0.2, 0.25) is 0 Å². The first kappa shape index (κ1) is 21.1. The van der Waals surface area contributed by atoms with E-state index in [9.17, 15) is 0 Å². The summed E-state index contributed by atoms with van der Waals surface area (Å²) in [5, 5.41) is 9.16. The molecule has 3 heteroatoms. The second-order valence-corrected chi connectivity index (χ2v) is 4.61. The van der Waals surface area contributed by atoms with E-state index in [1.165, 1.54) is 12.8 Å². The van der Waals surface area contributed by atoms with Gasteiger partial charge in [0.1, 0.15) is 11.5 Å². The number of hydrogen-bond acceptors (Lipinski definition) is 3. The molecule has 3 N–H and O–H groups in total. The lowest BCUT2D eigenvalue weighted by Crippen LogP contribution is -2.01.